The van der Waals surface area contributed by atoms with Crippen molar-refractivity contribution in [1.82, 2.24) is 10.2 Å². The van der Waals surface area contributed by atoms with Crippen LogP contribution in [0.5, 0.6) is 0 Å². The van der Waals surface area contributed by atoms with E-state index >= 15 is 0 Å². The summed E-state index contributed by atoms with van der Waals surface area (Å²) in [6, 6.07) is 4.48. The van der Waals surface area contributed by atoms with Crippen molar-refractivity contribution in [2.45, 2.75) is 6.61 Å². The van der Waals surface area contributed by atoms with Crippen molar-refractivity contribution in [3.05, 3.63) is 34.5 Å². The molecule has 4 N–H and O–H groups in total. The van der Waals surface area contributed by atoms with Gasteiger partial charge in [-0.15, -0.1) is 12.4 Å². The van der Waals surface area contributed by atoms with Gasteiger partial charge in [-0.1, -0.05) is 12.1 Å². The molecule has 7 nitrogen and oxygen atoms in total. The predicted molar refractivity (Wildman–Crippen MR) is 76.3 cm³/mol. The molecule has 8 heteroatoms. The van der Waals surface area contributed by atoms with Crippen molar-refractivity contribution >= 4 is 24.0 Å². The number of rotatable bonds is 6. The summed E-state index contributed by atoms with van der Waals surface area (Å²) in [7, 11) is 3.75. The van der Waals surface area contributed by atoms with Gasteiger partial charge in [0.15, 0.2) is 5.69 Å². The van der Waals surface area contributed by atoms with Crippen LogP contribution >= 0.6 is 12.4 Å². The van der Waals surface area contributed by atoms with Crippen molar-refractivity contribution in [2.75, 3.05) is 27.2 Å². The van der Waals surface area contributed by atoms with Crippen LogP contribution in [-0.2, 0) is 6.61 Å². The summed E-state index contributed by atoms with van der Waals surface area (Å²) < 4.78 is 0. The highest BCUT2D eigenvalue weighted by atomic mass is 35.5. The average Bonchev–Trinajstić information content (AvgIpc) is 2.36. The van der Waals surface area contributed by atoms with Gasteiger partial charge < -0.3 is 20.5 Å². The lowest BCUT2D eigenvalue weighted by Gasteiger charge is -2.18. The summed E-state index contributed by atoms with van der Waals surface area (Å²) in [5, 5.41) is 30.9. The highest BCUT2D eigenvalue weighted by molar-refractivity contribution is 5.98. The molecule has 0 aliphatic heterocycles. The van der Waals surface area contributed by atoms with E-state index in [1.165, 1.54) is 12.1 Å². The first kappa shape index (κ1) is 18.8. The Morgan fingerprint density at radius 3 is 2.60 bits per heavy atom. The molecule has 0 bridgehead atoms. The van der Waals surface area contributed by atoms with Crippen LogP contribution < -0.4 is 10.5 Å². The molecule has 0 saturated heterocycles. The number of carbonyl (C=O) groups is 1. The lowest BCUT2D eigenvalue weighted by atomic mass is 10.1. The quantitative estimate of drug-likeness (QED) is 0.521. The van der Waals surface area contributed by atoms with E-state index in [-0.39, 0.29) is 29.2 Å². The Kier molecular flexibility index (Phi) is 8.31. The van der Waals surface area contributed by atoms with E-state index in [1.54, 1.807) is 6.07 Å². The number of quaternary nitrogens is 1. The van der Waals surface area contributed by atoms with E-state index in [2.05, 4.69) is 5.32 Å². The monoisotopic (exact) mass is 305 g/mol. The topological polar surface area (TPSA) is 100 Å². The summed E-state index contributed by atoms with van der Waals surface area (Å²) in [6.45, 7) is 0.669. The SMILES string of the molecule is CN(C)CCNC(=O)c1cccc(CO)c1[NH+]([O-])O.Cl. The maximum atomic E-state index is 11.9. The fourth-order valence-electron chi connectivity index (χ4n) is 1.66. The molecule has 1 amide bonds. The number of benzene rings is 1. The second kappa shape index (κ2) is 8.85. The third-order valence-electron chi connectivity index (χ3n) is 2.62. The van der Waals surface area contributed by atoms with Crippen molar-refractivity contribution < 1.29 is 20.3 Å². The standard InChI is InChI=1S/C12H19N3O4.ClH/c1-14(2)7-6-13-12(17)10-5-3-4-9(8-16)11(10)15(18)19;/h3-5,15-16,18H,6-8H2,1-2H3,(H,13,17);1H. The molecule has 0 aromatic heterocycles. The molecule has 1 aromatic carbocycles. The van der Waals surface area contributed by atoms with Gasteiger partial charge in [-0.3, -0.25) is 4.79 Å². The maximum absolute atomic E-state index is 11.9. The van der Waals surface area contributed by atoms with Crippen LogP contribution in [0.1, 0.15) is 15.9 Å². The zero-order chi connectivity index (χ0) is 14.4. The third kappa shape index (κ3) is 5.04. The summed E-state index contributed by atoms with van der Waals surface area (Å²) in [5.74, 6) is -0.449. The number of likely N-dealkylation sites (N-methyl/N-ethyl adjacent to an activating group) is 1. The summed E-state index contributed by atoms with van der Waals surface area (Å²) in [4.78, 5) is 13.9. The van der Waals surface area contributed by atoms with Gasteiger partial charge in [-0.05, 0) is 20.2 Å². The van der Waals surface area contributed by atoms with Gasteiger partial charge in [0, 0.05) is 18.7 Å². The first-order chi connectivity index (χ1) is 8.97. The second-order valence-electron chi connectivity index (χ2n) is 4.36. The zero-order valence-electron chi connectivity index (χ0n) is 11.4. The summed E-state index contributed by atoms with van der Waals surface area (Å²) in [6.07, 6.45) is 0. The number of nitrogens with zero attached hydrogens (tertiary/aromatic N) is 1. The molecule has 1 aromatic rings. The van der Waals surface area contributed by atoms with Gasteiger partial charge in [0.05, 0.1) is 6.61 Å². The molecule has 20 heavy (non-hydrogen) atoms. The van der Waals surface area contributed by atoms with Crippen LogP contribution in [-0.4, -0.2) is 48.3 Å². The number of nitrogens with one attached hydrogen (secondary N) is 2. The molecule has 0 aliphatic rings. The molecular weight excluding hydrogens is 286 g/mol. The van der Waals surface area contributed by atoms with Crippen molar-refractivity contribution in [1.29, 1.82) is 0 Å². The van der Waals surface area contributed by atoms with E-state index < -0.39 is 17.7 Å². The number of aliphatic hydroxyl groups is 1. The van der Waals surface area contributed by atoms with Crippen molar-refractivity contribution in [3.8, 4) is 0 Å². The van der Waals surface area contributed by atoms with Gasteiger partial charge in [0.1, 0.15) is 5.56 Å². The van der Waals surface area contributed by atoms with Crippen LogP contribution in [0.3, 0.4) is 0 Å². The minimum Gasteiger partial charge on any atom is -0.595 e. The molecule has 114 valence electrons. The minimum absolute atomic E-state index is 0. The van der Waals surface area contributed by atoms with E-state index in [9.17, 15) is 10.0 Å². The summed E-state index contributed by atoms with van der Waals surface area (Å²) >= 11 is 0. The largest absolute Gasteiger partial charge is 0.595 e. The average molecular weight is 306 g/mol. The second-order valence-corrected chi connectivity index (χ2v) is 4.36. The fraction of sp³-hybridized carbons (Fsp3) is 0.417. The minimum atomic E-state index is -1.22. The van der Waals surface area contributed by atoms with Gasteiger partial charge in [-0.2, -0.15) is 5.23 Å². The Labute approximate surface area is 123 Å². The fourth-order valence-corrected chi connectivity index (χ4v) is 1.66. The van der Waals surface area contributed by atoms with Gasteiger partial charge >= 0.3 is 0 Å². The van der Waals surface area contributed by atoms with Crippen molar-refractivity contribution in [2.24, 2.45) is 0 Å². The van der Waals surface area contributed by atoms with E-state index in [4.69, 9.17) is 10.3 Å². The molecule has 0 aliphatic carbocycles. The van der Waals surface area contributed by atoms with E-state index in [0.717, 1.165) is 0 Å². The number of amides is 1. The van der Waals surface area contributed by atoms with Gasteiger partial charge in [0.2, 0.25) is 0 Å². The van der Waals surface area contributed by atoms with Gasteiger partial charge in [0.25, 0.3) is 5.91 Å². The Morgan fingerprint density at radius 1 is 1.45 bits per heavy atom. The Morgan fingerprint density at radius 2 is 2.10 bits per heavy atom. The predicted octanol–water partition coefficient (Wildman–Crippen LogP) is -0.704. The highest BCUT2D eigenvalue weighted by Crippen LogP contribution is 2.17. The molecule has 1 unspecified atom stereocenters. The van der Waals surface area contributed by atoms with Crippen LogP contribution in [0.2, 0.25) is 0 Å². The van der Waals surface area contributed by atoms with Gasteiger partial charge in [-0.25, -0.2) is 5.21 Å². The zero-order valence-corrected chi connectivity index (χ0v) is 12.2. The Bertz CT molecular complexity index is 441. The lowest BCUT2D eigenvalue weighted by Crippen LogP contribution is -2.99. The van der Waals surface area contributed by atoms with Crippen LogP contribution in [0.15, 0.2) is 18.2 Å². The number of aliphatic hydroxyl groups excluding tert-OH is 1. The molecule has 0 radical (unpaired) electrons. The first-order valence-corrected chi connectivity index (χ1v) is 5.86. The molecule has 1 rings (SSSR count). The van der Waals surface area contributed by atoms with Crippen LogP contribution in [0.25, 0.3) is 0 Å². The van der Waals surface area contributed by atoms with Crippen LogP contribution in [0, 0.1) is 5.21 Å². The number of carbonyl (C=O) groups excluding carboxylic acids is 1. The Hall–Kier alpha value is -1.22. The summed E-state index contributed by atoms with van der Waals surface area (Å²) in [5.41, 5.74) is 0.151. The smallest absolute Gasteiger partial charge is 0.257 e. The number of hydrogen-bond donors (Lipinski definition) is 4. The molecule has 0 saturated carbocycles. The highest BCUT2D eigenvalue weighted by Gasteiger charge is 2.19. The Balaban J connectivity index is 0.00000361. The first-order valence-electron chi connectivity index (χ1n) is 5.86. The van der Waals surface area contributed by atoms with Crippen molar-refractivity contribution in [3.63, 3.8) is 0 Å². The van der Waals surface area contributed by atoms with Crippen LogP contribution in [0.4, 0.5) is 5.69 Å². The van der Waals surface area contributed by atoms with E-state index in [1.807, 2.05) is 19.0 Å². The number of hydrogen-bond acceptors (Lipinski definition) is 5. The molecular formula is C12H20ClN3O4. The molecule has 1 atom stereocenters. The normalized spacial score (nSPS) is 11.9. The third-order valence-corrected chi connectivity index (χ3v) is 2.62. The molecule has 0 spiro atoms. The van der Waals surface area contributed by atoms with E-state index in [0.29, 0.717) is 13.1 Å². The maximum Gasteiger partial charge on any atom is 0.257 e. The lowest BCUT2D eigenvalue weighted by molar-refractivity contribution is -0.991. The molecule has 0 fully saturated rings. The molecule has 0 heterocycles. The number of halogens is 1. The number of para-hydroxylation sites is 1.